The summed E-state index contributed by atoms with van der Waals surface area (Å²) in [7, 11) is 0. The van der Waals surface area contributed by atoms with Crippen LogP contribution in [0, 0.1) is 6.92 Å². The zero-order valence-corrected chi connectivity index (χ0v) is 20.5. The summed E-state index contributed by atoms with van der Waals surface area (Å²) in [5, 5.41) is 5.50. The second kappa shape index (κ2) is 10.4. The fourth-order valence-corrected chi connectivity index (χ4v) is 4.20. The van der Waals surface area contributed by atoms with Gasteiger partial charge in [-0.05, 0) is 49.4 Å². The maximum absolute atomic E-state index is 13.1. The van der Waals surface area contributed by atoms with Gasteiger partial charge in [0.15, 0.2) is 0 Å². The van der Waals surface area contributed by atoms with Crippen LogP contribution in [-0.4, -0.2) is 31.6 Å². The standard InChI is InChI=1S/C28H21ClN6O2/c1-18-21(27(29)35(34-18)20-7-3-2-4-8-20)11-12-26(36)32-33-28(37)23-17-25(19-13-15-30-16-14-19)31-24-10-6-5-9-22(23)24/h2-17H,1H3,(H,32,36)(H,33,37)/b12-11+. The van der Waals surface area contributed by atoms with Crippen LogP contribution in [0.15, 0.2) is 91.3 Å². The van der Waals surface area contributed by atoms with E-state index in [9.17, 15) is 9.59 Å². The van der Waals surface area contributed by atoms with Gasteiger partial charge in [0.05, 0.1) is 28.2 Å². The average molecular weight is 509 g/mol. The Morgan fingerprint density at radius 3 is 2.46 bits per heavy atom. The molecular weight excluding hydrogens is 488 g/mol. The predicted molar refractivity (Wildman–Crippen MR) is 143 cm³/mol. The predicted octanol–water partition coefficient (Wildman–Crippen LogP) is 4.92. The number of nitrogens with one attached hydrogen (secondary N) is 2. The number of carbonyl (C=O) groups excluding carboxylic acids is 2. The highest BCUT2D eigenvalue weighted by Gasteiger charge is 2.15. The number of aryl methyl sites for hydroxylation is 1. The second-order valence-corrected chi connectivity index (χ2v) is 8.48. The van der Waals surface area contributed by atoms with Crippen LogP contribution in [0.25, 0.3) is 33.9 Å². The van der Waals surface area contributed by atoms with Crippen LogP contribution in [-0.2, 0) is 4.79 Å². The summed E-state index contributed by atoms with van der Waals surface area (Å²) >= 11 is 6.51. The van der Waals surface area contributed by atoms with Crippen LogP contribution >= 0.6 is 11.6 Å². The molecule has 5 aromatic rings. The highest BCUT2D eigenvalue weighted by molar-refractivity contribution is 6.31. The summed E-state index contributed by atoms with van der Waals surface area (Å²) in [6, 6.07) is 22.1. The lowest BCUT2D eigenvalue weighted by molar-refractivity contribution is -0.117. The number of fused-ring (bicyclic) bond motifs is 1. The Morgan fingerprint density at radius 1 is 0.946 bits per heavy atom. The third-order valence-corrected chi connectivity index (χ3v) is 6.05. The Kier molecular flexibility index (Phi) is 6.74. The van der Waals surface area contributed by atoms with E-state index in [2.05, 4.69) is 25.9 Å². The van der Waals surface area contributed by atoms with E-state index in [0.29, 0.717) is 38.6 Å². The Labute approximate surface area is 217 Å². The van der Waals surface area contributed by atoms with E-state index >= 15 is 0 Å². The number of nitrogens with zero attached hydrogens (tertiary/aromatic N) is 4. The number of hydrogen-bond acceptors (Lipinski definition) is 5. The molecule has 0 spiro atoms. The number of rotatable bonds is 5. The van der Waals surface area contributed by atoms with E-state index in [-0.39, 0.29) is 0 Å². The molecule has 0 aliphatic carbocycles. The van der Waals surface area contributed by atoms with E-state index in [1.54, 1.807) is 36.1 Å². The van der Waals surface area contributed by atoms with Crippen molar-refractivity contribution < 1.29 is 9.59 Å². The van der Waals surface area contributed by atoms with Crippen LogP contribution in [0.1, 0.15) is 21.6 Å². The molecule has 2 amide bonds. The number of aromatic nitrogens is 4. The van der Waals surface area contributed by atoms with E-state index in [0.717, 1.165) is 11.3 Å². The molecule has 8 nitrogen and oxygen atoms in total. The summed E-state index contributed by atoms with van der Waals surface area (Å²) in [4.78, 5) is 34.3. The van der Waals surface area contributed by atoms with Gasteiger partial charge in [-0.1, -0.05) is 48.0 Å². The first-order valence-corrected chi connectivity index (χ1v) is 11.8. The number of amides is 2. The van der Waals surface area contributed by atoms with Crippen molar-refractivity contribution in [3.63, 3.8) is 0 Å². The SMILES string of the molecule is Cc1nn(-c2ccccc2)c(Cl)c1/C=C/C(=O)NNC(=O)c1cc(-c2ccncc2)nc2ccccc12. The van der Waals surface area contributed by atoms with E-state index in [1.807, 2.05) is 66.7 Å². The lowest BCUT2D eigenvalue weighted by Crippen LogP contribution is -2.40. The average Bonchev–Trinajstić information content (AvgIpc) is 3.23. The highest BCUT2D eigenvalue weighted by Crippen LogP contribution is 2.25. The Bertz CT molecular complexity index is 1630. The molecule has 9 heteroatoms. The number of halogens is 1. The summed E-state index contributed by atoms with van der Waals surface area (Å²) < 4.78 is 1.60. The minimum Gasteiger partial charge on any atom is -0.268 e. The number of hydrogen-bond donors (Lipinski definition) is 2. The van der Waals surface area contributed by atoms with Gasteiger partial charge in [-0.25, -0.2) is 9.67 Å². The quantitative estimate of drug-likeness (QED) is 0.259. The fourth-order valence-electron chi connectivity index (χ4n) is 3.86. The molecule has 2 N–H and O–H groups in total. The third kappa shape index (κ3) is 5.10. The molecule has 0 fully saturated rings. The second-order valence-electron chi connectivity index (χ2n) is 8.12. The monoisotopic (exact) mass is 508 g/mol. The van der Waals surface area contributed by atoms with E-state index < -0.39 is 11.8 Å². The minimum absolute atomic E-state index is 0.378. The molecule has 3 heterocycles. The van der Waals surface area contributed by atoms with Gasteiger partial charge in [-0.3, -0.25) is 25.4 Å². The van der Waals surface area contributed by atoms with Crippen molar-refractivity contribution in [2.75, 3.05) is 0 Å². The van der Waals surface area contributed by atoms with Gasteiger partial charge in [0.25, 0.3) is 11.8 Å². The van der Waals surface area contributed by atoms with Crippen LogP contribution < -0.4 is 10.9 Å². The molecule has 5 rings (SSSR count). The zero-order valence-electron chi connectivity index (χ0n) is 19.7. The lowest BCUT2D eigenvalue weighted by atomic mass is 10.0. The van der Waals surface area contributed by atoms with Crippen LogP contribution in [0.3, 0.4) is 0 Å². The molecular formula is C28H21ClN6O2. The molecule has 37 heavy (non-hydrogen) atoms. The van der Waals surface area contributed by atoms with Crippen molar-refractivity contribution in [2.45, 2.75) is 6.92 Å². The van der Waals surface area contributed by atoms with Gasteiger partial charge >= 0.3 is 0 Å². The third-order valence-electron chi connectivity index (χ3n) is 5.69. The zero-order chi connectivity index (χ0) is 25.8. The number of hydrazine groups is 1. The Hall–Kier alpha value is -4.82. The molecule has 0 radical (unpaired) electrons. The Morgan fingerprint density at radius 2 is 1.68 bits per heavy atom. The minimum atomic E-state index is -0.524. The van der Waals surface area contributed by atoms with Gasteiger partial charge in [-0.2, -0.15) is 5.10 Å². The van der Waals surface area contributed by atoms with Crippen LogP contribution in [0.5, 0.6) is 0 Å². The van der Waals surface area contributed by atoms with Crippen molar-refractivity contribution in [3.05, 3.63) is 113 Å². The maximum Gasteiger partial charge on any atom is 0.270 e. The molecule has 0 saturated carbocycles. The van der Waals surface area contributed by atoms with Crippen molar-refractivity contribution in [1.29, 1.82) is 0 Å². The summed E-state index contributed by atoms with van der Waals surface area (Å²) in [6.45, 7) is 1.81. The highest BCUT2D eigenvalue weighted by atomic mass is 35.5. The molecule has 0 aliphatic rings. The summed E-state index contributed by atoms with van der Waals surface area (Å²) in [6.07, 6.45) is 6.18. The van der Waals surface area contributed by atoms with Crippen LogP contribution in [0.4, 0.5) is 0 Å². The van der Waals surface area contributed by atoms with E-state index in [4.69, 9.17) is 11.6 Å². The smallest absolute Gasteiger partial charge is 0.268 e. The number of carbonyl (C=O) groups is 2. The van der Waals surface area contributed by atoms with Gasteiger partial charge in [0, 0.05) is 35.0 Å². The molecule has 3 aromatic heterocycles. The molecule has 0 aliphatic heterocycles. The van der Waals surface area contributed by atoms with Gasteiger partial charge in [0.1, 0.15) is 5.15 Å². The van der Waals surface area contributed by atoms with Gasteiger partial charge in [0.2, 0.25) is 0 Å². The van der Waals surface area contributed by atoms with Crippen molar-refractivity contribution >= 4 is 40.4 Å². The molecule has 0 unspecified atom stereocenters. The first-order valence-electron chi connectivity index (χ1n) is 11.4. The molecule has 182 valence electrons. The number of para-hydroxylation sites is 2. The van der Waals surface area contributed by atoms with Crippen molar-refractivity contribution in [3.8, 4) is 16.9 Å². The van der Waals surface area contributed by atoms with Crippen LogP contribution in [0.2, 0.25) is 5.15 Å². The summed E-state index contributed by atoms with van der Waals surface area (Å²) in [5.74, 6) is -0.995. The van der Waals surface area contributed by atoms with E-state index in [1.165, 1.54) is 6.08 Å². The number of benzene rings is 2. The topological polar surface area (TPSA) is 102 Å². The first kappa shape index (κ1) is 23.9. The fraction of sp³-hybridized carbons (Fsp3) is 0.0357. The van der Waals surface area contributed by atoms with Gasteiger partial charge < -0.3 is 0 Å². The van der Waals surface area contributed by atoms with Crippen molar-refractivity contribution in [1.82, 2.24) is 30.6 Å². The Balaban J connectivity index is 1.33. The maximum atomic E-state index is 13.1. The largest absolute Gasteiger partial charge is 0.270 e. The normalized spacial score (nSPS) is 11.1. The molecule has 0 atom stereocenters. The molecule has 0 saturated heterocycles. The molecule has 2 aromatic carbocycles. The van der Waals surface area contributed by atoms with Gasteiger partial charge in [-0.15, -0.1) is 0 Å². The lowest BCUT2D eigenvalue weighted by Gasteiger charge is -2.10. The van der Waals surface area contributed by atoms with Crippen molar-refractivity contribution in [2.24, 2.45) is 0 Å². The molecule has 0 bridgehead atoms. The first-order chi connectivity index (χ1) is 18.0. The summed E-state index contributed by atoms with van der Waals surface area (Å²) in [5.41, 5.74) is 9.47. The number of pyridine rings is 2.